The Kier molecular flexibility index (Phi) is 6.61. The molecule has 0 atom stereocenters. The predicted molar refractivity (Wildman–Crippen MR) is 110 cm³/mol. The number of rotatable bonds is 9. The summed E-state index contributed by atoms with van der Waals surface area (Å²) in [7, 11) is 9.22. The van der Waals surface area contributed by atoms with Crippen LogP contribution in [0.5, 0.6) is 11.5 Å². The molecule has 9 nitrogen and oxygen atoms in total. The van der Waals surface area contributed by atoms with Crippen molar-refractivity contribution in [2.24, 2.45) is 0 Å². The average molecular weight is 397 g/mol. The summed E-state index contributed by atoms with van der Waals surface area (Å²) in [4.78, 5) is 13.0. The Labute approximate surface area is 170 Å². The molecule has 154 valence electrons. The molecule has 3 aromatic rings. The Morgan fingerprint density at radius 3 is 2.48 bits per heavy atom. The second kappa shape index (κ2) is 9.33. The Hall–Kier alpha value is -3.20. The number of methoxy groups -OCH3 is 2. The van der Waals surface area contributed by atoms with Gasteiger partial charge in [-0.3, -0.25) is 9.88 Å². The Morgan fingerprint density at radius 1 is 1.00 bits per heavy atom. The third kappa shape index (κ3) is 5.20. The van der Waals surface area contributed by atoms with E-state index >= 15 is 0 Å². The highest BCUT2D eigenvalue weighted by atomic mass is 16.5. The van der Waals surface area contributed by atoms with Gasteiger partial charge in [0.15, 0.2) is 11.5 Å². The molecule has 0 amide bonds. The molecule has 0 N–H and O–H groups in total. The van der Waals surface area contributed by atoms with E-state index in [1.54, 1.807) is 31.2 Å². The molecular formula is C20H27N7O2. The molecular weight excluding hydrogens is 370 g/mol. The van der Waals surface area contributed by atoms with Crippen LogP contribution in [-0.2, 0) is 19.6 Å². The van der Waals surface area contributed by atoms with Crippen LogP contribution in [0.2, 0.25) is 0 Å². The first-order chi connectivity index (χ1) is 14.0. The van der Waals surface area contributed by atoms with Gasteiger partial charge in [-0.05, 0) is 18.7 Å². The summed E-state index contributed by atoms with van der Waals surface area (Å²) in [6, 6.07) is 5.88. The normalized spacial score (nSPS) is 11.0. The molecule has 0 aliphatic rings. The number of aromatic nitrogens is 5. The molecule has 0 aromatic carbocycles. The summed E-state index contributed by atoms with van der Waals surface area (Å²) in [5.41, 5.74) is 2.77. The van der Waals surface area contributed by atoms with Crippen molar-refractivity contribution in [3.8, 4) is 11.5 Å². The van der Waals surface area contributed by atoms with Gasteiger partial charge in [-0.2, -0.15) is 0 Å². The van der Waals surface area contributed by atoms with Crippen LogP contribution >= 0.6 is 0 Å². The van der Waals surface area contributed by atoms with E-state index in [2.05, 4.69) is 31.2 Å². The fourth-order valence-corrected chi connectivity index (χ4v) is 3.02. The molecule has 29 heavy (non-hydrogen) atoms. The van der Waals surface area contributed by atoms with E-state index < -0.39 is 0 Å². The maximum absolute atomic E-state index is 5.43. The molecule has 0 spiro atoms. The van der Waals surface area contributed by atoms with E-state index in [-0.39, 0.29) is 0 Å². The smallest absolute Gasteiger partial charge is 0.184 e. The summed E-state index contributed by atoms with van der Waals surface area (Å²) < 4.78 is 12.5. The summed E-state index contributed by atoms with van der Waals surface area (Å²) in [6.45, 7) is 1.91. The van der Waals surface area contributed by atoms with Crippen molar-refractivity contribution in [3.05, 3.63) is 53.7 Å². The Balaban J connectivity index is 1.61. The maximum Gasteiger partial charge on any atom is 0.184 e. The summed E-state index contributed by atoms with van der Waals surface area (Å²) in [5, 5.41) is 8.50. The van der Waals surface area contributed by atoms with Gasteiger partial charge < -0.3 is 14.4 Å². The third-order valence-corrected chi connectivity index (χ3v) is 4.42. The van der Waals surface area contributed by atoms with E-state index in [0.717, 1.165) is 29.3 Å². The first-order valence-corrected chi connectivity index (χ1v) is 9.25. The van der Waals surface area contributed by atoms with E-state index in [1.165, 1.54) is 0 Å². The van der Waals surface area contributed by atoms with E-state index in [9.17, 15) is 0 Å². The van der Waals surface area contributed by atoms with Gasteiger partial charge in [0.1, 0.15) is 11.5 Å². The van der Waals surface area contributed by atoms with Gasteiger partial charge in [-0.1, -0.05) is 11.3 Å². The summed E-state index contributed by atoms with van der Waals surface area (Å²) in [5.74, 6) is 2.20. The van der Waals surface area contributed by atoms with E-state index in [4.69, 9.17) is 9.47 Å². The SMILES string of the molecule is COc1ccnc(Cn2cc(CN(C)Cc3ccc(N(C)C)nc3)nn2)c1OC. The highest BCUT2D eigenvalue weighted by molar-refractivity contribution is 5.42. The minimum Gasteiger partial charge on any atom is -0.493 e. The topological polar surface area (TPSA) is 81.4 Å². The molecule has 0 saturated carbocycles. The van der Waals surface area contributed by atoms with Crippen LogP contribution in [0.3, 0.4) is 0 Å². The van der Waals surface area contributed by atoms with Crippen molar-refractivity contribution in [1.82, 2.24) is 29.9 Å². The zero-order chi connectivity index (χ0) is 20.8. The van der Waals surface area contributed by atoms with Gasteiger partial charge in [-0.25, -0.2) is 9.67 Å². The minimum atomic E-state index is 0.451. The van der Waals surface area contributed by atoms with Gasteiger partial charge in [-0.15, -0.1) is 5.10 Å². The standard InChI is InChI=1S/C20H27N7O2/c1-25(2)19-7-6-15(10-22-19)11-26(3)12-16-13-27(24-23-16)14-17-20(29-5)18(28-4)8-9-21-17/h6-10,13H,11-12,14H2,1-5H3. The fraction of sp³-hybridized carbons (Fsp3) is 0.400. The van der Waals surface area contributed by atoms with Crippen LogP contribution in [0.4, 0.5) is 5.82 Å². The van der Waals surface area contributed by atoms with Crippen LogP contribution in [0.15, 0.2) is 36.8 Å². The van der Waals surface area contributed by atoms with Crippen molar-refractivity contribution in [2.45, 2.75) is 19.6 Å². The van der Waals surface area contributed by atoms with Gasteiger partial charge in [0.05, 0.1) is 32.7 Å². The Morgan fingerprint density at radius 2 is 1.83 bits per heavy atom. The lowest BCUT2D eigenvalue weighted by Gasteiger charge is -2.16. The molecule has 0 aliphatic carbocycles. The fourth-order valence-electron chi connectivity index (χ4n) is 3.02. The van der Waals surface area contributed by atoms with E-state index in [0.29, 0.717) is 24.6 Å². The van der Waals surface area contributed by atoms with Crippen LogP contribution in [0.1, 0.15) is 17.0 Å². The molecule has 3 heterocycles. The number of anilines is 1. The Bertz CT molecular complexity index is 925. The van der Waals surface area contributed by atoms with Crippen molar-refractivity contribution in [1.29, 1.82) is 0 Å². The number of pyridine rings is 2. The zero-order valence-electron chi connectivity index (χ0n) is 17.5. The number of ether oxygens (including phenoxy) is 2. The van der Waals surface area contributed by atoms with Crippen LogP contribution in [-0.4, -0.2) is 65.2 Å². The largest absolute Gasteiger partial charge is 0.493 e. The second-order valence-electron chi connectivity index (χ2n) is 6.99. The van der Waals surface area contributed by atoms with Gasteiger partial charge >= 0.3 is 0 Å². The molecule has 0 radical (unpaired) electrons. The van der Waals surface area contributed by atoms with Crippen LogP contribution < -0.4 is 14.4 Å². The molecule has 9 heteroatoms. The van der Waals surface area contributed by atoms with Crippen LogP contribution in [0.25, 0.3) is 0 Å². The van der Waals surface area contributed by atoms with Crippen molar-refractivity contribution < 1.29 is 9.47 Å². The van der Waals surface area contributed by atoms with E-state index in [1.807, 2.05) is 44.5 Å². The monoisotopic (exact) mass is 397 g/mol. The van der Waals surface area contributed by atoms with Gasteiger partial charge in [0.25, 0.3) is 0 Å². The molecule has 0 aliphatic heterocycles. The number of nitrogens with zero attached hydrogens (tertiary/aromatic N) is 7. The van der Waals surface area contributed by atoms with Crippen LogP contribution in [0, 0.1) is 0 Å². The molecule has 0 bridgehead atoms. The lowest BCUT2D eigenvalue weighted by atomic mass is 10.2. The highest BCUT2D eigenvalue weighted by Crippen LogP contribution is 2.29. The minimum absolute atomic E-state index is 0.451. The van der Waals surface area contributed by atoms with Crippen molar-refractivity contribution in [2.75, 3.05) is 40.3 Å². The average Bonchev–Trinajstić information content (AvgIpc) is 3.14. The number of hydrogen-bond acceptors (Lipinski definition) is 8. The van der Waals surface area contributed by atoms with Gasteiger partial charge in [0, 0.05) is 45.6 Å². The molecule has 0 saturated heterocycles. The number of hydrogen-bond donors (Lipinski definition) is 0. The zero-order valence-corrected chi connectivity index (χ0v) is 17.5. The first kappa shape index (κ1) is 20.5. The summed E-state index contributed by atoms with van der Waals surface area (Å²) >= 11 is 0. The quantitative estimate of drug-likeness (QED) is 0.541. The molecule has 0 fully saturated rings. The predicted octanol–water partition coefficient (Wildman–Crippen LogP) is 1.83. The molecule has 0 unspecified atom stereocenters. The highest BCUT2D eigenvalue weighted by Gasteiger charge is 2.13. The second-order valence-corrected chi connectivity index (χ2v) is 6.99. The summed E-state index contributed by atoms with van der Waals surface area (Å²) in [6.07, 6.45) is 5.52. The molecule has 3 rings (SSSR count). The maximum atomic E-state index is 5.43. The lowest BCUT2D eigenvalue weighted by Crippen LogP contribution is -2.18. The van der Waals surface area contributed by atoms with Gasteiger partial charge in [0.2, 0.25) is 0 Å². The first-order valence-electron chi connectivity index (χ1n) is 9.25. The van der Waals surface area contributed by atoms with Crippen molar-refractivity contribution >= 4 is 5.82 Å². The lowest BCUT2D eigenvalue weighted by molar-refractivity contribution is 0.314. The third-order valence-electron chi connectivity index (χ3n) is 4.42. The molecule has 3 aromatic heterocycles. The van der Waals surface area contributed by atoms with Crippen molar-refractivity contribution in [3.63, 3.8) is 0 Å².